The maximum Gasteiger partial charge on any atom is 0.333 e. The molecule has 11 rings (SSSR count). The van der Waals surface area contributed by atoms with Gasteiger partial charge in [-0.1, -0.05) is 109 Å². The fourth-order valence-electron chi connectivity index (χ4n) is 8.86. The molecule has 3 nitrogen and oxygen atoms in total. The molecule has 4 aliphatic rings. The van der Waals surface area contributed by atoms with Crippen molar-refractivity contribution in [3.63, 3.8) is 0 Å². The Kier molecular flexibility index (Phi) is 5.01. The van der Waals surface area contributed by atoms with Crippen LogP contribution in [0.15, 0.2) is 164 Å². The monoisotopic (exact) mass is 595 g/mol. The number of rotatable bonds is 2. The van der Waals surface area contributed by atoms with Crippen LogP contribution in [-0.2, 0) is 0 Å². The van der Waals surface area contributed by atoms with Gasteiger partial charge in [-0.25, -0.2) is 0 Å². The van der Waals surface area contributed by atoms with Crippen LogP contribution in [0.25, 0.3) is 22.3 Å². The van der Waals surface area contributed by atoms with Crippen molar-refractivity contribution in [2.45, 2.75) is 0 Å². The summed E-state index contributed by atoms with van der Waals surface area (Å²) in [4.78, 5) is 7.75. The van der Waals surface area contributed by atoms with Crippen molar-refractivity contribution in [1.29, 1.82) is 0 Å². The third kappa shape index (κ3) is 3.23. The zero-order valence-electron chi connectivity index (χ0n) is 25.6. The van der Waals surface area contributed by atoms with Crippen LogP contribution >= 0.6 is 0 Å². The summed E-state index contributed by atoms with van der Waals surface area (Å²) in [6.07, 6.45) is 0. The third-order valence-corrected chi connectivity index (χ3v) is 10.6. The summed E-state index contributed by atoms with van der Waals surface area (Å²) >= 11 is 0. The van der Waals surface area contributed by atoms with Gasteiger partial charge in [-0.2, -0.15) is 0 Å². The van der Waals surface area contributed by atoms with Crippen LogP contribution in [0, 0.1) is 0 Å². The first-order chi connectivity index (χ1) is 23.4. The number of fused-ring (bicyclic) bond motifs is 10. The average Bonchev–Trinajstić information content (AvgIpc) is 3.15. The highest BCUT2D eigenvalue weighted by atomic mass is 15.2. The molecular weight excluding hydrogens is 568 g/mol. The van der Waals surface area contributed by atoms with Gasteiger partial charge >= 0.3 is 13.7 Å². The fraction of sp³-hybridized carbons (Fsp3) is 0. The van der Waals surface area contributed by atoms with E-state index in [9.17, 15) is 0 Å². The smallest absolute Gasteiger partial charge is 0.333 e. The van der Waals surface area contributed by atoms with E-state index in [1.165, 1.54) is 83.9 Å². The Bertz CT molecular complexity index is 2240. The van der Waals surface area contributed by atoms with E-state index in [2.05, 4.69) is 178 Å². The molecule has 7 aromatic rings. The first kappa shape index (κ1) is 25.3. The first-order valence-electron chi connectivity index (χ1n) is 16.4. The number of benzene rings is 7. The normalized spacial score (nSPS) is 14.2. The van der Waals surface area contributed by atoms with Crippen molar-refractivity contribution in [3.05, 3.63) is 164 Å². The molecule has 0 aliphatic carbocycles. The first-order valence-corrected chi connectivity index (χ1v) is 16.4. The highest BCUT2D eigenvalue weighted by molar-refractivity contribution is 6.98. The molecule has 0 atom stereocenters. The van der Waals surface area contributed by atoms with Crippen LogP contribution in [-0.4, -0.2) is 13.7 Å². The van der Waals surface area contributed by atoms with Gasteiger partial charge < -0.3 is 14.5 Å². The van der Waals surface area contributed by atoms with E-state index in [4.69, 9.17) is 0 Å². The third-order valence-electron chi connectivity index (χ3n) is 10.6. The lowest BCUT2D eigenvalue weighted by Gasteiger charge is -2.52. The minimum atomic E-state index is 0.0170. The maximum absolute atomic E-state index is 2.59. The minimum absolute atomic E-state index is 0.0170. The molecule has 0 saturated heterocycles. The summed E-state index contributed by atoms with van der Waals surface area (Å²) in [7, 11) is 0. The zero-order chi connectivity index (χ0) is 30.6. The Balaban J connectivity index is 1.34. The molecule has 0 radical (unpaired) electrons. The molecule has 216 valence electrons. The highest BCUT2D eigenvalue weighted by Crippen LogP contribution is 2.51. The second kappa shape index (κ2) is 9.31. The van der Waals surface area contributed by atoms with E-state index in [1.807, 2.05) is 0 Å². The van der Waals surface area contributed by atoms with E-state index in [0.717, 1.165) is 0 Å². The quantitative estimate of drug-likeness (QED) is 0.191. The summed E-state index contributed by atoms with van der Waals surface area (Å²) in [5.41, 5.74) is 19.3. The predicted molar refractivity (Wildman–Crippen MR) is 199 cm³/mol. The number of para-hydroxylation sites is 6. The molecule has 0 N–H and O–H groups in total. The van der Waals surface area contributed by atoms with Crippen molar-refractivity contribution < 1.29 is 0 Å². The summed E-state index contributed by atoms with van der Waals surface area (Å²) in [6, 6.07) is 60.5. The summed E-state index contributed by atoms with van der Waals surface area (Å²) in [6.45, 7) is 0.0339. The van der Waals surface area contributed by atoms with Crippen LogP contribution in [0.1, 0.15) is 0 Å². The Morgan fingerprint density at radius 3 is 1.19 bits per heavy atom. The minimum Gasteiger partial charge on any atom is -0.376 e. The van der Waals surface area contributed by atoms with Crippen LogP contribution in [0.5, 0.6) is 0 Å². The van der Waals surface area contributed by atoms with E-state index in [-0.39, 0.29) is 13.7 Å². The van der Waals surface area contributed by atoms with Crippen LogP contribution < -0.4 is 36.4 Å². The van der Waals surface area contributed by atoms with Gasteiger partial charge in [0.2, 0.25) is 0 Å². The lowest BCUT2D eigenvalue weighted by Crippen LogP contribution is -2.68. The maximum atomic E-state index is 2.59. The fourth-order valence-corrected chi connectivity index (χ4v) is 8.86. The lowest BCUT2D eigenvalue weighted by molar-refractivity contribution is 1.26. The molecule has 0 saturated carbocycles. The molecular formula is C42H27B2N3. The molecule has 0 aromatic heterocycles. The Labute approximate surface area is 275 Å². The molecule has 0 bridgehead atoms. The molecule has 5 heteroatoms. The van der Waals surface area contributed by atoms with Crippen molar-refractivity contribution in [2.75, 3.05) is 14.5 Å². The topological polar surface area (TPSA) is 9.72 Å². The Morgan fingerprint density at radius 2 is 0.723 bits per heavy atom. The number of hydrogen-bond acceptors (Lipinski definition) is 3. The van der Waals surface area contributed by atoms with E-state index < -0.39 is 0 Å². The van der Waals surface area contributed by atoms with Crippen LogP contribution in [0.4, 0.5) is 39.8 Å². The standard InChI is InChI=1S/C42H27B2N3/c1-3-15-28(16-4-1)46-36-23-11-7-19-30(36)32-27-33-31-20-8-12-24-37(31)47(29-17-5-2-6-18-29)44-35-22-10-14-26-39(35)45-38-25-13-9-21-34(38)43(46)40(32)42(45)41(33)44/h1-27H. The molecule has 0 unspecified atom stereocenters. The molecule has 0 fully saturated rings. The highest BCUT2D eigenvalue weighted by Gasteiger charge is 2.52. The van der Waals surface area contributed by atoms with Gasteiger partial charge in [0, 0.05) is 50.9 Å². The van der Waals surface area contributed by atoms with Crippen LogP contribution in [0.3, 0.4) is 0 Å². The summed E-state index contributed by atoms with van der Waals surface area (Å²) in [5.74, 6) is 0. The lowest BCUT2D eigenvalue weighted by atomic mass is 9.37. The second-order valence-electron chi connectivity index (χ2n) is 12.9. The van der Waals surface area contributed by atoms with Crippen molar-refractivity contribution in [3.8, 4) is 22.3 Å². The number of anilines is 7. The van der Waals surface area contributed by atoms with Crippen molar-refractivity contribution >= 4 is 75.4 Å². The van der Waals surface area contributed by atoms with Crippen molar-refractivity contribution in [1.82, 2.24) is 0 Å². The summed E-state index contributed by atoms with van der Waals surface area (Å²) in [5, 5.41) is 0. The van der Waals surface area contributed by atoms with Gasteiger partial charge in [0.15, 0.2) is 0 Å². The Hall–Kier alpha value is -5.93. The second-order valence-corrected chi connectivity index (χ2v) is 12.9. The molecule has 0 amide bonds. The van der Waals surface area contributed by atoms with Crippen molar-refractivity contribution in [2.24, 2.45) is 0 Å². The Morgan fingerprint density at radius 1 is 0.340 bits per heavy atom. The molecule has 4 heterocycles. The SMILES string of the molecule is c1ccc(N2B3c4ccccc4N4c5ccccc5B5c6c(cc(c3c64)-c3ccccc32)-c2ccccc2N5c2ccccc2)cc1. The van der Waals surface area contributed by atoms with E-state index >= 15 is 0 Å². The van der Waals surface area contributed by atoms with Crippen LogP contribution in [0.2, 0.25) is 0 Å². The number of nitrogens with zero attached hydrogens (tertiary/aromatic N) is 3. The largest absolute Gasteiger partial charge is 0.376 e. The molecule has 7 aromatic carbocycles. The van der Waals surface area contributed by atoms with Gasteiger partial charge in [-0.15, -0.1) is 0 Å². The summed E-state index contributed by atoms with van der Waals surface area (Å²) < 4.78 is 0. The zero-order valence-corrected chi connectivity index (χ0v) is 25.6. The molecule has 47 heavy (non-hydrogen) atoms. The molecule has 4 aliphatic heterocycles. The van der Waals surface area contributed by atoms with Gasteiger partial charge in [-0.3, -0.25) is 0 Å². The van der Waals surface area contributed by atoms with Gasteiger partial charge in [-0.05, 0) is 87.6 Å². The molecule has 0 spiro atoms. The van der Waals surface area contributed by atoms with E-state index in [1.54, 1.807) is 0 Å². The predicted octanol–water partition coefficient (Wildman–Crippen LogP) is 7.63. The number of hydrogen-bond donors (Lipinski definition) is 0. The van der Waals surface area contributed by atoms with Gasteiger partial charge in [0.05, 0.1) is 0 Å². The van der Waals surface area contributed by atoms with E-state index in [0.29, 0.717) is 0 Å². The average molecular weight is 595 g/mol. The van der Waals surface area contributed by atoms with Gasteiger partial charge in [0.25, 0.3) is 0 Å². The van der Waals surface area contributed by atoms with Gasteiger partial charge in [0.1, 0.15) is 0 Å².